The number of halogens is 1. The Kier molecular flexibility index (Phi) is 2.96. The summed E-state index contributed by atoms with van der Waals surface area (Å²) in [6.45, 7) is 0. The average Bonchev–Trinajstić information content (AvgIpc) is 2.66. The van der Waals surface area contributed by atoms with Crippen molar-refractivity contribution in [1.82, 2.24) is 0 Å². The highest BCUT2D eigenvalue weighted by molar-refractivity contribution is 9.10. The molecule has 0 bridgehead atoms. The van der Waals surface area contributed by atoms with E-state index in [4.69, 9.17) is 14.3 Å². The first-order valence-corrected chi connectivity index (χ1v) is 5.21. The SMILES string of the molecule is O=C(O)c1ccc(Oc2cccc(Br)c2)o1. The Bertz CT molecular complexity index is 518. The molecule has 5 heteroatoms. The van der Waals surface area contributed by atoms with E-state index in [0.717, 1.165) is 4.47 Å². The lowest BCUT2D eigenvalue weighted by Gasteiger charge is -2.01. The van der Waals surface area contributed by atoms with Crippen molar-refractivity contribution < 1.29 is 19.1 Å². The van der Waals surface area contributed by atoms with Crippen LogP contribution < -0.4 is 4.74 Å². The predicted octanol–water partition coefficient (Wildman–Crippen LogP) is 3.53. The molecule has 0 saturated carbocycles. The summed E-state index contributed by atoms with van der Waals surface area (Å²) in [6.07, 6.45) is 0. The number of rotatable bonds is 3. The van der Waals surface area contributed by atoms with Gasteiger partial charge in [0.2, 0.25) is 5.76 Å². The van der Waals surface area contributed by atoms with Gasteiger partial charge in [0.25, 0.3) is 5.95 Å². The molecule has 2 rings (SSSR count). The van der Waals surface area contributed by atoms with Gasteiger partial charge in [-0.05, 0) is 24.3 Å². The van der Waals surface area contributed by atoms with Gasteiger partial charge in [-0.2, -0.15) is 0 Å². The molecule has 0 unspecified atom stereocenters. The van der Waals surface area contributed by atoms with Crippen molar-refractivity contribution in [2.45, 2.75) is 0 Å². The third-order valence-corrected chi connectivity index (χ3v) is 2.30. The van der Waals surface area contributed by atoms with Crippen LogP contribution in [-0.4, -0.2) is 11.1 Å². The summed E-state index contributed by atoms with van der Waals surface area (Å²) >= 11 is 3.30. The van der Waals surface area contributed by atoms with E-state index in [1.807, 2.05) is 6.07 Å². The third-order valence-electron chi connectivity index (χ3n) is 1.81. The Morgan fingerprint density at radius 1 is 1.31 bits per heavy atom. The van der Waals surface area contributed by atoms with Gasteiger partial charge in [-0.1, -0.05) is 22.0 Å². The molecule has 1 N–H and O–H groups in total. The summed E-state index contributed by atoms with van der Waals surface area (Å²) in [5, 5.41) is 8.65. The van der Waals surface area contributed by atoms with Gasteiger partial charge in [0.05, 0.1) is 0 Å². The highest BCUT2D eigenvalue weighted by Gasteiger charge is 2.10. The van der Waals surface area contributed by atoms with Crippen LogP contribution in [0.4, 0.5) is 0 Å². The Labute approximate surface area is 99.6 Å². The maximum Gasteiger partial charge on any atom is 0.371 e. The lowest BCUT2D eigenvalue weighted by molar-refractivity contribution is 0.0657. The van der Waals surface area contributed by atoms with Crippen molar-refractivity contribution in [3.8, 4) is 11.7 Å². The first-order chi connectivity index (χ1) is 7.65. The molecule has 2 aromatic rings. The van der Waals surface area contributed by atoms with Crippen LogP contribution in [0.25, 0.3) is 0 Å². The van der Waals surface area contributed by atoms with Gasteiger partial charge in [0.15, 0.2) is 0 Å². The largest absolute Gasteiger partial charge is 0.475 e. The minimum absolute atomic E-state index is 0.148. The molecule has 0 saturated heterocycles. The van der Waals surface area contributed by atoms with Crippen molar-refractivity contribution in [3.05, 3.63) is 46.6 Å². The number of carbonyl (C=O) groups is 1. The smallest absolute Gasteiger partial charge is 0.371 e. The maximum absolute atomic E-state index is 10.6. The number of furan rings is 1. The molecule has 0 atom stereocenters. The number of aromatic carboxylic acids is 1. The molecule has 4 nitrogen and oxygen atoms in total. The molecule has 0 aliphatic heterocycles. The molecule has 0 radical (unpaired) electrons. The number of carboxylic acids is 1. The summed E-state index contributed by atoms with van der Waals surface area (Å²) in [4.78, 5) is 10.6. The molecule has 0 fully saturated rings. The van der Waals surface area contributed by atoms with Gasteiger partial charge < -0.3 is 14.3 Å². The lowest BCUT2D eigenvalue weighted by Crippen LogP contribution is -1.91. The van der Waals surface area contributed by atoms with E-state index in [-0.39, 0.29) is 11.7 Å². The van der Waals surface area contributed by atoms with Gasteiger partial charge in [-0.3, -0.25) is 0 Å². The zero-order valence-electron chi connectivity index (χ0n) is 8.01. The Morgan fingerprint density at radius 2 is 2.12 bits per heavy atom. The minimum Gasteiger partial charge on any atom is -0.475 e. The zero-order chi connectivity index (χ0) is 11.5. The molecule has 1 heterocycles. The van der Waals surface area contributed by atoms with Crippen LogP contribution in [0.15, 0.2) is 45.3 Å². The number of benzene rings is 1. The van der Waals surface area contributed by atoms with Gasteiger partial charge in [0.1, 0.15) is 5.75 Å². The van der Waals surface area contributed by atoms with E-state index in [2.05, 4.69) is 15.9 Å². The highest BCUT2D eigenvalue weighted by atomic mass is 79.9. The van der Waals surface area contributed by atoms with Crippen LogP contribution in [0, 0.1) is 0 Å². The van der Waals surface area contributed by atoms with Crippen molar-refractivity contribution >= 4 is 21.9 Å². The molecule has 82 valence electrons. The first kappa shape index (κ1) is 10.8. The molecule has 0 aliphatic rings. The van der Waals surface area contributed by atoms with E-state index < -0.39 is 5.97 Å². The zero-order valence-corrected chi connectivity index (χ0v) is 9.60. The molecule has 0 amide bonds. The molecule has 0 aliphatic carbocycles. The average molecular weight is 283 g/mol. The summed E-state index contributed by atoms with van der Waals surface area (Å²) in [5.74, 6) is -0.551. The number of ether oxygens (including phenoxy) is 1. The second-order valence-corrected chi connectivity index (χ2v) is 3.90. The standard InChI is InChI=1S/C11H7BrO4/c12-7-2-1-3-8(6-7)15-10-5-4-9(16-10)11(13)14/h1-6H,(H,13,14). The molecule has 1 aromatic carbocycles. The summed E-state index contributed by atoms with van der Waals surface area (Å²) in [5.41, 5.74) is 0. The quantitative estimate of drug-likeness (QED) is 0.936. The number of hydrogen-bond donors (Lipinski definition) is 1. The van der Waals surface area contributed by atoms with Crippen LogP contribution in [0.1, 0.15) is 10.6 Å². The number of carboxylic acid groups (broad SMARTS) is 1. The summed E-state index contributed by atoms with van der Waals surface area (Å²) < 4.78 is 11.2. The summed E-state index contributed by atoms with van der Waals surface area (Å²) in [6, 6.07) is 9.97. The topological polar surface area (TPSA) is 59.7 Å². The van der Waals surface area contributed by atoms with Crippen LogP contribution >= 0.6 is 15.9 Å². The first-order valence-electron chi connectivity index (χ1n) is 4.42. The number of hydrogen-bond acceptors (Lipinski definition) is 3. The van der Waals surface area contributed by atoms with Crippen molar-refractivity contribution in [1.29, 1.82) is 0 Å². The minimum atomic E-state index is -1.12. The van der Waals surface area contributed by atoms with E-state index in [0.29, 0.717) is 5.75 Å². The van der Waals surface area contributed by atoms with Crippen molar-refractivity contribution in [3.63, 3.8) is 0 Å². The third kappa shape index (κ3) is 2.43. The molecule has 1 aromatic heterocycles. The maximum atomic E-state index is 10.6. The van der Waals surface area contributed by atoms with Crippen LogP contribution in [0.5, 0.6) is 11.7 Å². The fourth-order valence-corrected chi connectivity index (χ4v) is 1.51. The molecule has 16 heavy (non-hydrogen) atoms. The molecular formula is C11H7BrO4. The fourth-order valence-electron chi connectivity index (χ4n) is 1.14. The Hall–Kier alpha value is -1.75. The van der Waals surface area contributed by atoms with Gasteiger partial charge in [-0.15, -0.1) is 0 Å². The second-order valence-electron chi connectivity index (χ2n) is 2.98. The monoisotopic (exact) mass is 282 g/mol. The van der Waals surface area contributed by atoms with Crippen molar-refractivity contribution in [2.24, 2.45) is 0 Å². The highest BCUT2D eigenvalue weighted by Crippen LogP contribution is 2.25. The normalized spacial score (nSPS) is 10.1. The Morgan fingerprint density at radius 3 is 2.75 bits per heavy atom. The Balaban J connectivity index is 2.17. The van der Waals surface area contributed by atoms with Crippen molar-refractivity contribution in [2.75, 3.05) is 0 Å². The van der Waals surface area contributed by atoms with Gasteiger partial charge in [-0.25, -0.2) is 4.79 Å². The van der Waals surface area contributed by atoms with E-state index in [9.17, 15) is 4.79 Å². The van der Waals surface area contributed by atoms with Gasteiger partial charge in [0, 0.05) is 10.5 Å². The predicted molar refractivity (Wildman–Crippen MR) is 59.9 cm³/mol. The molecular weight excluding hydrogens is 276 g/mol. The lowest BCUT2D eigenvalue weighted by atomic mass is 10.3. The van der Waals surface area contributed by atoms with Crippen LogP contribution in [-0.2, 0) is 0 Å². The van der Waals surface area contributed by atoms with E-state index in [1.165, 1.54) is 12.1 Å². The second kappa shape index (κ2) is 4.40. The van der Waals surface area contributed by atoms with E-state index in [1.54, 1.807) is 18.2 Å². The van der Waals surface area contributed by atoms with Crippen LogP contribution in [0.2, 0.25) is 0 Å². The van der Waals surface area contributed by atoms with E-state index >= 15 is 0 Å². The summed E-state index contributed by atoms with van der Waals surface area (Å²) in [7, 11) is 0. The van der Waals surface area contributed by atoms with Gasteiger partial charge >= 0.3 is 5.97 Å². The van der Waals surface area contributed by atoms with Crippen LogP contribution in [0.3, 0.4) is 0 Å². The fraction of sp³-hybridized carbons (Fsp3) is 0. The molecule has 0 spiro atoms.